The van der Waals surface area contributed by atoms with Gasteiger partial charge in [0.05, 0.1) is 93.3 Å². The molecule has 138 heavy (non-hydrogen) atoms. The number of phenols is 1. The standard InChI is InChI=1S/C22H19Cl3N2O5.C21H17Cl3N2O5.C14H11Cl2NO4.C13H17Cl2NO3.C8H9Cl2NO.C7H14BrNO2.C6H4Cl2O.FH.Li.H2O/c1-12-20(22(29)26-7-8-31-18-6-4-14(23)11-17(18)25)21(27-32-12)15-5-3-13(9-16(15)24)10-19(28)30-2;1-11-19(21(29)25-6-7-30-17-5-3-13(22)10-16(17)24)20(26-31-11)14-4-2-12(8-15(14)23)9-18(27)28;1-7-12(14(16)19)13(17-21-7)9-4-3-8(5-10(9)15)6-11(18)20-2;1-13(2,3)19-12(17)16-6-7-18-11-5-4-9(14)8-10(11)15;9-6-1-2-8(7(10)5-6)12-4-3-11;1-7(2,3)11-6(10)9-5-4-8;7-4-1-2-6(9)5(8)3-4;;;/h3-6,9,11H,7-8,10H2,1-2H3,(H,26,29);2-5,8,10H,6-7,9H2,1H3,(H,25,29)(H,27,28);3-5H,6H2,1-2H3;4-5,8H,6-7H2,1-3H3,(H,16,17);1-2,5H,3-4,11H2;4-5H2,1-3H3,(H,9,10);1-3,9H;1H;;1H2/q;;;;;;;;+1;/p-1. The number of amides is 4. The van der Waals surface area contributed by atoms with Crippen molar-refractivity contribution in [2.75, 3.05) is 78.7 Å². The second kappa shape index (κ2) is 63.0. The third kappa shape index (κ3) is 44.4. The van der Waals surface area contributed by atoms with Crippen LogP contribution in [0.1, 0.15) is 107 Å². The number of nitrogens with two attached hydrogens (primary N) is 1. The van der Waals surface area contributed by atoms with Crippen molar-refractivity contribution in [3.05, 3.63) is 262 Å². The number of halogens is 16. The molecule has 3 heterocycles. The number of carbonyl (C=O) groups is 8. The molecule has 0 saturated carbocycles. The van der Waals surface area contributed by atoms with Gasteiger partial charge in [-0.25, -0.2) is 9.59 Å². The van der Waals surface area contributed by atoms with E-state index in [1.807, 2.05) is 20.8 Å². The molecule has 0 atom stereocenters. The van der Waals surface area contributed by atoms with E-state index < -0.39 is 34.4 Å². The van der Waals surface area contributed by atoms with Crippen molar-refractivity contribution in [2.24, 2.45) is 5.73 Å². The molecule has 4 amide bonds. The van der Waals surface area contributed by atoms with E-state index in [9.17, 15) is 38.4 Å². The maximum atomic E-state index is 12.8. The topological polar surface area (TPSA) is 433 Å². The van der Waals surface area contributed by atoms with Crippen molar-refractivity contribution in [3.8, 4) is 62.5 Å². The number of alkyl carbamates (subject to hydrolysis) is 2. The van der Waals surface area contributed by atoms with Gasteiger partial charge >= 0.3 is 49.0 Å². The third-order valence-corrected chi connectivity index (χ3v) is 20.7. The quantitative estimate of drug-likeness (QED) is 0.00572. The monoisotopic (exact) mass is 2240 g/mol. The Kier molecular flexibility index (Phi) is 57.0. The van der Waals surface area contributed by atoms with Crippen LogP contribution in [0, 0.1) is 20.8 Å². The Morgan fingerprint density at radius 2 is 0.696 bits per heavy atom. The fourth-order valence-electron chi connectivity index (χ4n) is 10.6. The summed E-state index contributed by atoms with van der Waals surface area (Å²) in [5.41, 5.74) is 9.24. The van der Waals surface area contributed by atoms with Crippen LogP contribution in [-0.4, -0.2) is 168 Å². The molecule has 742 valence electrons. The number of hydrogen-bond donors (Lipinski definition) is 7. The number of rotatable bonds is 29. The van der Waals surface area contributed by atoms with Crippen LogP contribution in [-0.2, 0) is 52.6 Å². The maximum Gasteiger partial charge on any atom is 1.00 e. The molecule has 0 bridgehead atoms. The summed E-state index contributed by atoms with van der Waals surface area (Å²) in [4.78, 5) is 92.8. The summed E-state index contributed by atoms with van der Waals surface area (Å²) in [6.07, 6.45) is -0.812. The van der Waals surface area contributed by atoms with E-state index in [1.165, 1.54) is 32.4 Å². The summed E-state index contributed by atoms with van der Waals surface area (Å²) in [6.45, 7) is 18.7. The van der Waals surface area contributed by atoms with E-state index in [1.54, 1.807) is 169 Å². The number of carboxylic acids is 1. The normalized spacial score (nSPS) is 10.3. The van der Waals surface area contributed by atoms with Gasteiger partial charge < -0.3 is 94.2 Å². The van der Waals surface area contributed by atoms with Gasteiger partial charge in [0.2, 0.25) is 0 Å². The molecule has 0 aliphatic heterocycles. The number of alkyl halides is 1. The number of nitrogens with one attached hydrogen (secondary N) is 4. The molecule has 11 aromatic rings. The Balaban J connectivity index is 0.000000566. The first-order valence-corrected chi connectivity index (χ1v) is 46.1. The first kappa shape index (κ1) is 125. The molecular formula is C91H93BrCl14FLiN8O22. The number of aromatic hydroxyl groups is 1. The zero-order valence-electron chi connectivity index (χ0n) is 75.6. The van der Waals surface area contributed by atoms with Crippen molar-refractivity contribution in [1.29, 1.82) is 0 Å². The fraction of sp³-hybridized carbons (Fsp3) is 0.286. The fourth-order valence-corrected chi connectivity index (χ4v) is 14.2. The first-order valence-electron chi connectivity index (χ1n) is 39.7. The minimum absolute atomic E-state index is 0. The number of benzene rings is 8. The van der Waals surface area contributed by atoms with E-state index >= 15 is 0 Å². The Bertz CT molecular complexity index is 5880. The van der Waals surface area contributed by atoms with Crippen LogP contribution in [0.3, 0.4) is 0 Å². The van der Waals surface area contributed by atoms with E-state index in [-0.39, 0.29) is 142 Å². The maximum absolute atomic E-state index is 12.8. The zero-order valence-corrected chi connectivity index (χ0v) is 87.8. The minimum atomic E-state index is -0.969. The summed E-state index contributed by atoms with van der Waals surface area (Å²) in [5.74, 6) is 0.577. The number of ether oxygens (including phenoxy) is 8. The molecule has 9 N–H and O–H groups in total. The predicted octanol–water partition coefficient (Wildman–Crippen LogP) is 21.4. The van der Waals surface area contributed by atoms with Crippen LogP contribution in [0.4, 0.5) is 14.3 Å². The van der Waals surface area contributed by atoms with Gasteiger partial charge in [0.25, 0.3) is 17.1 Å². The van der Waals surface area contributed by atoms with Crippen molar-refractivity contribution < 1.29 is 129 Å². The molecule has 3 aromatic heterocycles. The van der Waals surface area contributed by atoms with Crippen LogP contribution in [0.5, 0.6) is 28.7 Å². The number of aliphatic carboxylic acids is 1. The van der Waals surface area contributed by atoms with E-state index in [4.69, 9.17) is 220 Å². The molecule has 0 unspecified atom stereocenters. The third-order valence-electron chi connectivity index (χ3n) is 16.6. The summed E-state index contributed by atoms with van der Waals surface area (Å²) in [7, 11) is 2.63. The summed E-state index contributed by atoms with van der Waals surface area (Å²) >= 11 is 85.6. The Morgan fingerprint density at radius 3 is 0.971 bits per heavy atom. The minimum Gasteiger partial charge on any atom is -0.870 e. The molecule has 0 fully saturated rings. The van der Waals surface area contributed by atoms with Crippen molar-refractivity contribution >= 4 is 225 Å². The smallest absolute Gasteiger partial charge is 0.870 e. The van der Waals surface area contributed by atoms with Crippen LogP contribution >= 0.6 is 178 Å². The molecule has 30 nitrogen and oxygen atoms in total. The number of methoxy groups -OCH3 is 2. The van der Waals surface area contributed by atoms with Gasteiger partial charge in [-0.3, -0.25) is 33.5 Å². The van der Waals surface area contributed by atoms with Gasteiger partial charge in [-0.05, 0) is 200 Å². The van der Waals surface area contributed by atoms with Gasteiger partial charge in [-0.15, -0.1) is 0 Å². The number of hydrogen-bond acceptors (Lipinski definition) is 25. The number of aryl methyl sites for hydroxylation is 3. The molecule has 11 rings (SSSR count). The molecule has 0 spiro atoms. The SMILES string of the molecule is CC(C)(C)OC(=O)NCCBr.CC(C)(C)OC(=O)NCCOc1ccc(Cl)cc1Cl.COC(=O)Cc1ccc(-c2noc(C)c2C(=O)Cl)c(Cl)c1.COC(=O)Cc1ccc(-c2noc(C)c2C(=O)NCCOc2ccc(Cl)cc2Cl)c(Cl)c1.Cc1onc(-c2ccc(CC(=O)O)cc2Cl)c1C(=O)NCCOc1ccc(Cl)cc1Cl.F.NCCOc1ccc(Cl)cc1Cl.Oc1ccc(Cl)cc1Cl.[Li+].[OH-]. The second-order valence-corrected chi connectivity index (χ2v) is 35.9. The molecule has 0 radical (unpaired) electrons. The Labute approximate surface area is 884 Å². The average Bonchev–Trinajstić information content (AvgIpc) is 1.65. The Morgan fingerprint density at radius 1 is 0.406 bits per heavy atom. The average molecular weight is 2250 g/mol. The van der Waals surface area contributed by atoms with Gasteiger partial charge in [0, 0.05) is 60.2 Å². The number of aromatic nitrogens is 3. The zero-order chi connectivity index (χ0) is 101. The van der Waals surface area contributed by atoms with E-state index in [0.29, 0.717) is 167 Å². The molecule has 47 heteroatoms. The largest absolute Gasteiger partial charge is 1.00 e. The number of phenolic OH excluding ortho intramolecular Hbond substituents is 1. The van der Waals surface area contributed by atoms with Crippen LogP contribution in [0.2, 0.25) is 65.3 Å². The van der Waals surface area contributed by atoms with Crippen LogP contribution < -0.4 is 64.8 Å². The van der Waals surface area contributed by atoms with Gasteiger partial charge in [-0.1, -0.05) is 219 Å². The number of esters is 2. The Hall–Kier alpha value is -9.06. The van der Waals surface area contributed by atoms with Gasteiger partial charge in [0.15, 0.2) is 0 Å². The van der Waals surface area contributed by atoms with Crippen molar-refractivity contribution in [3.63, 3.8) is 0 Å². The molecule has 0 aliphatic carbocycles. The summed E-state index contributed by atoms with van der Waals surface area (Å²) in [6, 6.07) is 39.0. The number of carbonyl (C=O) groups excluding carboxylic acids is 7. The molecular weight excluding hydrogens is 2160 g/mol. The van der Waals surface area contributed by atoms with Crippen LogP contribution in [0.15, 0.2) is 159 Å². The molecule has 0 saturated heterocycles. The number of nitrogens with zero attached hydrogens (tertiary/aromatic N) is 3. The van der Waals surface area contributed by atoms with Crippen molar-refractivity contribution in [1.82, 2.24) is 36.7 Å². The van der Waals surface area contributed by atoms with Gasteiger partial charge in [0.1, 0.15) is 117 Å². The van der Waals surface area contributed by atoms with E-state index in [2.05, 4.69) is 62.1 Å². The summed E-state index contributed by atoms with van der Waals surface area (Å²) in [5, 5.41) is 45.9. The van der Waals surface area contributed by atoms with Crippen molar-refractivity contribution in [2.45, 2.75) is 92.8 Å². The van der Waals surface area contributed by atoms with Gasteiger partial charge in [-0.2, -0.15) is 0 Å². The summed E-state index contributed by atoms with van der Waals surface area (Å²) < 4.78 is 56.5. The first-order chi connectivity index (χ1) is 63.7. The number of carboxylic acid groups (broad SMARTS) is 1. The molecule has 8 aromatic carbocycles. The molecule has 0 aliphatic rings. The predicted molar refractivity (Wildman–Crippen MR) is 534 cm³/mol. The van der Waals surface area contributed by atoms with Crippen LogP contribution in [0.25, 0.3) is 33.8 Å². The van der Waals surface area contributed by atoms with E-state index in [0.717, 1.165) is 5.33 Å². The second-order valence-electron chi connectivity index (χ2n) is 29.3.